The molecule has 1 rings (SSSR count). The second-order valence-electron chi connectivity index (χ2n) is 4.48. The van der Waals surface area contributed by atoms with Gasteiger partial charge in [0.1, 0.15) is 0 Å². The highest BCUT2D eigenvalue weighted by Crippen LogP contribution is 2.08. The maximum atomic E-state index is 11.7. The standard InChI is InChI=1S/C12H18N2O2/c1-9(15)12(2,3)14-11(16)7-10-5-4-6-13-8-10/h4-6,8-9,15H,7H2,1-3H3,(H,14,16). The van der Waals surface area contributed by atoms with Crippen LogP contribution >= 0.6 is 0 Å². The van der Waals surface area contributed by atoms with Crippen LogP contribution < -0.4 is 5.32 Å². The number of hydrogen-bond donors (Lipinski definition) is 2. The number of rotatable bonds is 4. The molecule has 0 aromatic carbocycles. The molecule has 1 heterocycles. The van der Waals surface area contributed by atoms with E-state index in [2.05, 4.69) is 10.3 Å². The Morgan fingerprint density at radius 3 is 2.81 bits per heavy atom. The summed E-state index contributed by atoms with van der Waals surface area (Å²) in [5.74, 6) is -0.112. The lowest BCUT2D eigenvalue weighted by molar-refractivity contribution is -0.123. The molecular formula is C12H18N2O2. The summed E-state index contributed by atoms with van der Waals surface area (Å²) in [6, 6.07) is 3.64. The van der Waals surface area contributed by atoms with Crippen molar-refractivity contribution < 1.29 is 9.90 Å². The summed E-state index contributed by atoms with van der Waals surface area (Å²) in [4.78, 5) is 15.6. The minimum absolute atomic E-state index is 0.112. The lowest BCUT2D eigenvalue weighted by atomic mass is 9.98. The van der Waals surface area contributed by atoms with Crippen molar-refractivity contribution in [2.45, 2.75) is 38.8 Å². The van der Waals surface area contributed by atoms with Gasteiger partial charge >= 0.3 is 0 Å². The second kappa shape index (κ2) is 5.07. The largest absolute Gasteiger partial charge is 0.391 e. The second-order valence-corrected chi connectivity index (χ2v) is 4.48. The molecule has 1 aromatic rings. The lowest BCUT2D eigenvalue weighted by Crippen LogP contribution is -2.51. The van der Waals surface area contributed by atoms with Gasteiger partial charge in [0.2, 0.25) is 5.91 Å². The monoisotopic (exact) mass is 222 g/mol. The van der Waals surface area contributed by atoms with Gasteiger partial charge in [0.25, 0.3) is 0 Å². The van der Waals surface area contributed by atoms with Gasteiger partial charge < -0.3 is 10.4 Å². The van der Waals surface area contributed by atoms with Crippen molar-refractivity contribution in [2.75, 3.05) is 0 Å². The van der Waals surface area contributed by atoms with E-state index in [0.29, 0.717) is 0 Å². The molecule has 4 nitrogen and oxygen atoms in total. The third-order valence-electron chi connectivity index (χ3n) is 2.59. The fourth-order valence-electron chi connectivity index (χ4n) is 1.20. The van der Waals surface area contributed by atoms with Gasteiger partial charge in [-0.15, -0.1) is 0 Å². The number of carbonyl (C=O) groups excluding carboxylic acids is 1. The van der Waals surface area contributed by atoms with Crippen LogP contribution in [-0.2, 0) is 11.2 Å². The quantitative estimate of drug-likeness (QED) is 0.795. The van der Waals surface area contributed by atoms with Crippen LogP contribution in [0, 0.1) is 0 Å². The molecule has 0 radical (unpaired) electrons. The molecule has 0 fully saturated rings. The van der Waals surface area contributed by atoms with Crippen LogP contribution in [0.3, 0.4) is 0 Å². The van der Waals surface area contributed by atoms with Gasteiger partial charge in [-0.3, -0.25) is 9.78 Å². The highest BCUT2D eigenvalue weighted by molar-refractivity contribution is 5.79. The highest BCUT2D eigenvalue weighted by atomic mass is 16.3. The van der Waals surface area contributed by atoms with Crippen molar-refractivity contribution in [2.24, 2.45) is 0 Å². The van der Waals surface area contributed by atoms with E-state index in [1.54, 1.807) is 39.2 Å². The summed E-state index contributed by atoms with van der Waals surface area (Å²) >= 11 is 0. The first-order valence-electron chi connectivity index (χ1n) is 5.30. The number of aliphatic hydroxyl groups excluding tert-OH is 1. The molecule has 1 unspecified atom stereocenters. The van der Waals surface area contributed by atoms with E-state index in [9.17, 15) is 9.90 Å². The fraction of sp³-hybridized carbons (Fsp3) is 0.500. The smallest absolute Gasteiger partial charge is 0.224 e. The molecule has 1 amide bonds. The van der Waals surface area contributed by atoms with Gasteiger partial charge in [-0.2, -0.15) is 0 Å². The van der Waals surface area contributed by atoms with Gasteiger partial charge in [-0.05, 0) is 32.4 Å². The fourth-order valence-corrected chi connectivity index (χ4v) is 1.20. The molecule has 0 bridgehead atoms. The van der Waals surface area contributed by atoms with Crippen LogP contribution in [-0.4, -0.2) is 27.6 Å². The van der Waals surface area contributed by atoms with Crippen LogP contribution in [0.1, 0.15) is 26.3 Å². The van der Waals surface area contributed by atoms with E-state index in [1.807, 2.05) is 6.07 Å². The molecule has 0 aliphatic rings. The number of hydrogen-bond acceptors (Lipinski definition) is 3. The van der Waals surface area contributed by atoms with Gasteiger partial charge in [-0.1, -0.05) is 6.07 Å². The Hall–Kier alpha value is -1.42. The normalized spacial score (nSPS) is 13.2. The number of amides is 1. The van der Waals surface area contributed by atoms with Crippen molar-refractivity contribution in [3.63, 3.8) is 0 Å². The average Bonchev–Trinajstić information content (AvgIpc) is 2.17. The highest BCUT2D eigenvalue weighted by Gasteiger charge is 2.25. The van der Waals surface area contributed by atoms with Gasteiger partial charge in [0.05, 0.1) is 18.1 Å². The molecule has 4 heteroatoms. The van der Waals surface area contributed by atoms with Crippen molar-refractivity contribution >= 4 is 5.91 Å². The Balaban J connectivity index is 2.55. The van der Waals surface area contributed by atoms with E-state index in [4.69, 9.17) is 0 Å². The van der Waals surface area contributed by atoms with E-state index >= 15 is 0 Å². The summed E-state index contributed by atoms with van der Waals surface area (Å²) in [6.07, 6.45) is 3.02. The Kier molecular flexibility index (Phi) is 4.01. The summed E-state index contributed by atoms with van der Waals surface area (Å²) in [7, 11) is 0. The first-order chi connectivity index (χ1) is 7.42. The Morgan fingerprint density at radius 1 is 1.62 bits per heavy atom. The van der Waals surface area contributed by atoms with Gasteiger partial charge in [-0.25, -0.2) is 0 Å². The van der Waals surface area contributed by atoms with E-state index in [1.165, 1.54) is 0 Å². The Bertz CT molecular complexity index is 347. The number of nitrogens with zero attached hydrogens (tertiary/aromatic N) is 1. The van der Waals surface area contributed by atoms with Crippen LogP contribution in [0.2, 0.25) is 0 Å². The number of aliphatic hydroxyl groups is 1. The number of pyridine rings is 1. The summed E-state index contributed by atoms with van der Waals surface area (Å²) in [5, 5.41) is 12.3. The molecule has 16 heavy (non-hydrogen) atoms. The molecule has 0 saturated carbocycles. The summed E-state index contributed by atoms with van der Waals surface area (Å²) < 4.78 is 0. The van der Waals surface area contributed by atoms with E-state index < -0.39 is 11.6 Å². The number of nitrogens with one attached hydrogen (secondary N) is 1. The maximum absolute atomic E-state index is 11.7. The maximum Gasteiger partial charge on any atom is 0.224 e. The third kappa shape index (κ3) is 3.62. The predicted octanol–water partition coefficient (Wildman–Crippen LogP) is 0.900. The van der Waals surface area contributed by atoms with Crippen LogP contribution in [0.4, 0.5) is 0 Å². The van der Waals surface area contributed by atoms with Crippen molar-refractivity contribution in [3.05, 3.63) is 30.1 Å². The first-order valence-corrected chi connectivity index (χ1v) is 5.30. The lowest BCUT2D eigenvalue weighted by Gasteiger charge is -2.29. The molecule has 2 N–H and O–H groups in total. The molecule has 0 saturated heterocycles. The minimum Gasteiger partial charge on any atom is -0.391 e. The van der Waals surface area contributed by atoms with Crippen LogP contribution in [0.25, 0.3) is 0 Å². The van der Waals surface area contributed by atoms with Gasteiger partial charge in [0, 0.05) is 12.4 Å². The summed E-state index contributed by atoms with van der Waals surface area (Å²) in [6.45, 7) is 5.24. The Morgan fingerprint density at radius 2 is 2.31 bits per heavy atom. The summed E-state index contributed by atoms with van der Waals surface area (Å²) in [5.41, 5.74) is 0.251. The van der Waals surface area contributed by atoms with Crippen molar-refractivity contribution in [1.82, 2.24) is 10.3 Å². The van der Waals surface area contributed by atoms with Gasteiger partial charge in [0.15, 0.2) is 0 Å². The minimum atomic E-state index is -0.612. The molecule has 1 aromatic heterocycles. The topological polar surface area (TPSA) is 62.2 Å². The number of aromatic nitrogens is 1. The zero-order valence-corrected chi connectivity index (χ0v) is 9.90. The third-order valence-corrected chi connectivity index (χ3v) is 2.59. The average molecular weight is 222 g/mol. The Labute approximate surface area is 95.7 Å². The first kappa shape index (κ1) is 12.6. The zero-order valence-electron chi connectivity index (χ0n) is 9.90. The van der Waals surface area contributed by atoms with E-state index in [-0.39, 0.29) is 12.3 Å². The van der Waals surface area contributed by atoms with Crippen molar-refractivity contribution in [3.8, 4) is 0 Å². The zero-order chi connectivity index (χ0) is 12.2. The molecule has 0 aliphatic carbocycles. The molecule has 0 aliphatic heterocycles. The van der Waals surface area contributed by atoms with Crippen LogP contribution in [0.15, 0.2) is 24.5 Å². The molecular weight excluding hydrogens is 204 g/mol. The van der Waals surface area contributed by atoms with Crippen LogP contribution in [0.5, 0.6) is 0 Å². The van der Waals surface area contributed by atoms with E-state index in [0.717, 1.165) is 5.56 Å². The van der Waals surface area contributed by atoms with Crippen molar-refractivity contribution in [1.29, 1.82) is 0 Å². The predicted molar refractivity (Wildman–Crippen MR) is 61.8 cm³/mol. The SMILES string of the molecule is CC(O)C(C)(C)NC(=O)Cc1cccnc1. The molecule has 0 spiro atoms. The number of carbonyl (C=O) groups is 1. The molecule has 88 valence electrons. The molecule has 1 atom stereocenters.